The van der Waals surface area contributed by atoms with Gasteiger partial charge in [0, 0.05) is 43.0 Å². The smallest absolute Gasteiger partial charge is 0.337 e. The van der Waals surface area contributed by atoms with Gasteiger partial charge < -0.3 is 19.1 Å². The van der Waals surface area contributed by atoms with Crippen LogP contribution in [0.5, 0.6) is 5.75 Å². The molecule has 4 aliphatic rings. The monoisotopic (exact) mass is 693 g/mol. The Morgan fingerprint density at radius 2 is 1.92 bits per heavy atom. The van der Waals surface area contributed by atoms with E-state index in [1.54, 1.807) is 19.2 Å². The summed E-state index contributed by atoms with van der Waals surface area (Å²) in [6, 6.07) is 13.5. The molecule has 3 aliphatic carbocycles. The van der Waals surface area contributed by atoms with Crippen LogP contribution in [-0.2, 0) is 31.1 Å². The number of hydrogen-bond donors (Lipinski definition) is 0. The molecule has 1 aromatic heterocycles. The summed E-state index contributed by atoms with van der Waals surface area (Å²) in [5, 5.41) is 0.154. The van der Waals surface area contributed by atoms with Gasteiger partial charge in [0.2, 0.25) is 15.0 Å². The highest BCUT2D eigenvalue weighted by atomic mass is 35.5. The van der Waals surface area contributed by atoms with Gasteiger partial charge in [0.05, 0.1) is 36.3 Å². The molecule has 0 bridgehead atoms. The molecule has 6 atom stereocenters. The quantitative estimate of drug-likeness (QED) is 0.194. The van der Waals surface area contributed by atoms with Crippen molar-refractivity contribution in [3.8, 4) is 5.75 Å². The van der Waals surface area contributed by atoms with Gasteiger partial charge in [-0.25, -0.2) is 23.2 Å². The lowest BCUT2D eigenvalue weighted by molar-refractivity contribution is -0.0589. The number of ether oxygens (including phenoxy) is 3. The maximum Gasteiger partial charge on any atom is 0.337 e. The predicted molar refractivity (Wildman–Crippen MR) is 184 cm³/mol. The Morgan fingerprint density at radius 3 is 2.67 bits per heavy atom. The number of fused-ring (bicyclic) bond motifs is 3. The topological polar surface area (TPSA) is 108 Å². The van der Waals surface area contributed by atoms with Crippen LogP contribution in [0.1, 0.15) is 72.9 Å². The van der Waals surface area contributed by atoms with Crippen molar-refractivity contribution in [2.24, 2.45) is 17.8 Å². The number of aromatic nitrogens is 2. The van der Waals surface area contributed by atoms with Crippen molar-refractivity contribution in [3.63, 3.8) is 0 Å². The highest BCUT2D eigenvalue weighted by molar-refractivity contribution is 7.91. The lowest BCUT2D eigenvalue weighted by atomic mass is 9.65. The number of methoxy groups -OCH3 is 2. The van der Waals surface area contributed by atoms with Crippen molar-refractivity contribution >= 4 is 33.1 Å². The zero-order chi connectivity index (χ0) is 33.5. The number of benzene rings is 2. The summed E-state index contributed by atoms with van der Waals surface area (Å²) in [6.45, 7) is 2.07. The van der Waals surface area contributed by atoms with Crippen LogP contribution in [0.25, 0.3) is 0 Å². The van der Waals surface area contributed by atoms with E-state index in [2.05, 4.69) is 27.0 Å². The summed E-state index contributed by atoms with van der Waals surface area (Å²) < 4.78 is 45.0. The number of anilines is 1. The average Bonchev–Trinajstić information content (AvgIpc) is 3.25. The molecule has 3 aromatic rings. The largest absolute Gasteiger partial charge is 0.490 e. The number of carbonyl (C=O) groups excluding carboxylic acids is 1. The molecular weight excluding hydrogens is 650 g/mol. The van der Waals surface area contributed by atoms with Crippen LogP contribution in [0.15, 0.2) is 60.0 Å². The molecule has 7 rings (SSSR count). The minimum Gasteiger partial charge on any atom is -0.490 e. The first kappa shape index (κ1) is 33.3. The van der Waals surface area contributed by atoms with Crippen LogP contribution >= 0.6 is 11.6 Å². The van der Waals surface area contributed by atoms with Crippen molar-refractivity contribution in [1.82, 2.24) is 9.97 Å². The van der Waals surface area contributed by atoms with Crippen molar-refractivity contribution in [1.29, 1.82) is 0 Å². The van der Waals surface area contributed by atoms with Crippen molar-refractivity contribution in [2.75, 3.05) is 38.8 Å². The molecule has 0 unspecified atom stereocenters. The molecule has 0 amide bonds. The molecule has 0 saturated heterocycles. The van der Waals surface area contributed by atoms with Crippen molar-refractivity contribution in [2.45, 2.75) is 79.7 Å². The summed E-state index contributed by atoms with van der Waals surface area (Å²) in [5.41, 5.74) is 3.74. The van der Waals surface area contributed by atoms with Crippen molar-refractivity contribution in [3.05, 3.63) is 76.6 Å². The molecule has 48 heavy (non-hydrogen) atoms. The third-order valence-electron chi connectivity index (χ3n) is 11.5. The fourth-order valence-electron chi connectivity index (χ4n) is 8.96. The number of halogens is 1. The van der Waals surface area contributed by atoms with E-state index >= 15 is 0 Å². The molecular formula is C37H44ClN3O6S. The minimum absolute atomic E-state index is 0.0472. The van der Waals surface area contributed by atoms with Gasteiger partial charge in [0.1, 0.15) is 5.75 Å². The molecule has 1 spiro atoms. The van der Waals surface area contributed by atoms with Crippen LogP contribution in [0, 0.1) is 17.8 Å². The molecule has 2 aromatic carbocycles. The Balaban J connectivity index is 1.16. The van der Waals surface area contributed by atoms with E-state index in [1.165, 1.54) is 30.6 Å². The van der Waals surface area contributed by atoms with Crippen LogP contribution in [0.4, 0.5) is 5.69 Å². The van der Waals surface area contributed by atoms with Gasteiger partial charge in [-0.1, -0.05) is 24.1 Å². The molecule has 2 fully saturated rings. The summed E-state index contributed by atoms with van der Waals surface area (Å²) in [7, 11) is -0.452. The number of hydrogen-bond acceptors (Lipinski definition) is 9. The molecule has 2 heterocycles. The van der Waals surface area contributed by atoms with E-state index in [4.69, 9.17) is 25.8 Å². The van der Waals surface area contributed by atoms with E-state index < -0.39 is 15.1 Å². The number of rotatable bonds is 8. The van der Waals surface area contributed by atoms with Crippen LogP contribution < -0.4 is 9.64 Å². The summed E-state index contributed by atoms with van der Waals surface area (Å²) in [4.78, 5) is 23.2. The Kier molecular flexibility index (Phi) is 9.43. The molecule has 256 valence electrons. The van der Waals surface area contributed by atoms with E-state index in [0.717, 1.165) is 74.5 Å². The van der Waals surface area contributed by atoms with Gasteiger partial charge in [-0.15, -0.1) is 0 Å². The van der Waals surface area contributed by atoms with E-state index in [1.807, 2.05) is 18.2 Å². The Labute approximate surface area is 288 Å². The highest BCUT2D eigenvalue weighted by Crippen LogP contribution is 2.48. The maximum absolute atomic E-state index is 13.5. The van der Waals surface area contributed by atoms with E-state index in [-0.39, 0.29) is 28.6 Å². The van der Waals surface area contributed by atoms with Gasteiger partial charge in [-0.2, -0.15) is 0 Å². The van der Waals surface area contributed by atoms with E-state index in [0.29, 0.717) is 36.8 Å². The summed E-state index contributed by atoms with van der Waals surface area (Å²) in [5.74, 6) is 1.15. The number of aryl methyl sites for hydroxylation is 1. The Morgan fingerprint density at radius 1 is 1.08 bits per heavy atom. The molecule has 0 N–H and O–H groups in total. The maximum atomic E-state index is 13.5. The second kappa shape index (κ2) is 13.6. The fraction of sp³-hybridized carbons (Fsp3) is 0.541. The number of nitrogens with zero attached hydrogens (tertiary/aromatic N) is 3. The molecule has 11 heteroatoms. The fourth-order valence-corrected chi connectivity index (χ4v) is 10.8. The molecule has 2 saturated carbocycles. The SMILES string of the molecule is COC(=O)c1ccc2c(c1)N(C[C@@H]1CC[C@H]1[C@@H](OC)[C@H]1CCC[C@H](S(=O)(=O)c3ncccn3)C1)C[C@@]1(CCCc3cc(Cl)ccc31)CO2. The summed E-state index contributed by atoms with van der Waals surface area (Å²) in [6.07, 6.45) is 11.0. The zero-order valence-electron chi connectivity index (χ0n) is 27.6. The third-order valence-corrected chi connectivity index (χ3v) is 13.7. The van der Waals surface area contributed by atoms with Crippen molar-refractivity contribution < 1.29 is 27.4 Å². The van der Waals surface area contributed by atoms with Crippen LogP contribution in [0.3, 0.4) is 0 Å². The van der Waals surface area contributed by atoms with Crippen LogP contribution in [-0.4, -0.2) is 69.6 Å². The third kappa shape index (κ3) is 6.20. The first-order valence-electron chi connectivity index (χ1n) is 17.1. The normalized spacial score (nSPS) is 27.5. The number of carbonyl (C=O) groups is 1. The highest BCUT2D eigenvalue weighted by Gasteiger charge is 2.47. The Bertz CT molecular complexity index is 1760. The standard InChI is InChI=1S/C37H44ClN3O6S/c1-45-34(25-6-3-8-29(19-25)48(43,44)36-39-16-5-17-40-36)30-12-9-27(30)21-41-22-37(15-4-7-24-18-28(38)11-13-31(24)37)23-47-33-14-10-26(20-32(33)41)35(42)46-2/h5,10-11,13-14,16-18,20,25,27,29-30,34H,3-4,6-9,12,15,19,21-23H2,1-2H3/t25-,27-,29-,30+,34-,37-/m0/s1. The average molecular weight is 694 g/mol. The van der Waals surface area contributed by atoms with E-state index in [9.17, 15) is 13.2 Å². The van der Waals surface area contributed by atoms with Crippen LogP contribution in [0.2, 0.25) is 5.02 Å². The molecule has 0 radical (unpaired) electrons. The lowest BCUT2D eigenvalue weighted by Gasteiger charge is -2.48. The second-order valence-electron chi connectivity index (χ2n) is 14.1. The molecule has 1 aliphatic heterocycles. The lowest BCUT2D eigenvalue weighted by Crippen LogP contribution is -2.51. The molecule has 9 nitrogen and oxygen atoms in total. The number of esters is 1. The zero-order valence-corrected chi connectivity index (χ0v) is 29.2. The minimum atomic E-state index is -3.63. The van der Waals surface area contributed by atoms with Gasteiger partial charge in [0.15, 0.2) is 0 Å². The van der Waals surface area contributed by atoms with Gasteiger partial charge >= 0.3 is 5.97 Å². The predicted octanol–water partition coefficient (Wildman–Crippen LogP) is 6.46. The number of sulfone groups is 1. The first-order chi connectivity index (χ1) is 23.2. The summed E-state index contributed by atoms with van der Waals surface area (Å²) >= 11 is 6.45. The Hall–Kier alpha value is -3.21. The van der Waals surface area contributed by atoms with Gasteiger partial charge in [-0.3, -0.25) is 0 Å². The second-order valence-corrected chi connectivity index (χ2v) is 16.7. The van der Waals surface area contributed by atoms with Gasteiger partial charge in [-0.05, 0) is 117 Å². The van der Waals surface area contributed by atoms with Gasteiger partial charge in [0.25, 0.3) is 0 Å². The first-order valence-corrected chi connectivity index (χ1v) is 19.1.